The molecule has 0 spiro atoms. The first-order valence-corrected chi connectivity index (χ1v) is 6.35. The summed E-state index contributed by atoms with van der Waals surface area (Å²) in [7, 11) is 0. The second-order valence-corrected chi connectivity index (χ2v) is 4.42. The van der Waals surface area contributed by atoms with E-state index in [9.17, 15) is 9.18 Å². The Hall–Kier alpha value is -1.42. The molecule has 0 unspecified atom stereocenters. The van der Waals surface area contributed by atoms with Gasteiger partial charge in [0, 0.05) is 13.0 Å². The molecular weight excluding hydrogens is 231 g/mol. The van der Waals surface area contributed by atoms with Gasteiger partial charge in [0.25, 0.3) is 0 Å². The number of hydrogen-bond donors (Lipinski definition) is 2. The first kappa shape index (κ1) is 14.6. The highest BCUT2D eigenvalue weighted by molar-refractivity contribution is 5.75. The van der Waals surface area contributed by atoms with Gasteiger partial charge in [0.05, 0.1) is 0 Å². The number of benzene rings is 1. The first-order chi connectivity index (χ1) is 8.63. The van der Waals surface area contributed by atoms with E-state index in [1.54, 1.807) is 6.07 Å². The average Bonchev–Trinajstić information content (AvgIpc) is 2.32. The average molecular weight is 252 g/mol. The predicted octanol–water partition coefficient (Wildman–Crippen LogP) is 1.92. The standard InChI is InChI=1S/C14H21FN2O/c1-11-10-13(15)6-5-12(11)7-9-17-14(18)4-2-3-8-16/h5-6,10H,2-4,7-9,16H2,1H3,(H,17,18). The third-order valence-corrected chi connectivity index (χ3v) is 2.88. The fourth-order valence-electron chi connectivity index (χ4n) is 1.79. The first-order valence-electron chi connectivity index (χ1n) is 6.35. The van der Waals surface area contributed by atoms with Crippen LogP contribution in [0.5, 0.6) is 0 Å². The zero-order chi connectivity index (χ0) is 13.4. The van der Waals surface area contributed by atoms with E-state index in [1.165, 1.54) is 12.1 Å². The Morgan fingerprint density at radius 1 is 1.39 bits per heavy atom. The van der Waals surface area contributed by atoms with Gasteiger partial charge in [-0.2, -0.15) is 0 Å². The summed E-state index contributed by atoms with van der Waals surface area (Å²) in [5, 5.41) is 2.86. The lowest BCUT2D eigenvalue weighted by Crippen LogP contribution is -2.25. The summed E-state index contributed by atoms with van der Waals surface area (Å²) in [5.41, 5.74) is 7.35. The van der Waals surface area contributed by atoms with Gasteiger partial charge in [-0.15, -0.1) is 0 Å². The maximum absolute atomic E-state index is 12.9. The van der Waals surface area contributed by atoms with Crippen molar-refractivity contribution in [1.82, 2.24) is 5.32 Å². The second-order valence-electron chi connectivity index (χ2n) is 4.42. The minimum absolute atomic E-state index is 0.0585. The van der Waals surface area contributed by atoms with Crippen molar-refractivity contribution in [3.63, 3.8) is 0 Å². The van der Waals surface area contributed by atoms with E-state index in [2.05, 4.69) is 5.32 Å². The number of carbonyl (C=O) groups is 1. The van der Waals surface area contributed by atoms with Gasteiger partial charge < -0.3 is 11.1 Å². The van der Waals surface area contributed by atoms with E-state index in [4.69, 9.17) is 5.73 Å². The van der Waals surface area contributed by atoms with Gasteiger partial charge in [-0.05, 0) is 56.0 Å². The normalized spacial score (nSPS) is 10.4. The quantitative estimate of drug-likeness (QED) is 0.728. The van der Waals surface area contributed by atoms with Gasteiger partial charge >= 0.3 is 0 Å². The molecule has 0 heterocycles. The van der Waals surface area contributed by atoms with E-state index in [-0.39, 0.29) is 11.7 Å². The van der Waals surface area contributed by atoms with Crippen molar-refractivity contribution in [2.75, 3.05) is 13.1 Å². The number of nitrogens with two attached hydrogens (primary N) is 1. The lowest BCUT2D eigenvalue weighted by atomic mass is 10.1. The van der Waals surface area contributed by atoms with Crippen LogP contribution in [0.1, 0.15) is 30.4 Å². The van der Waals surface area contributed by atoms with Gasteiger partial charge in [0.2, 0.25) is 5.91 Å². The maximum Gasteiger partial charge on any atom is 0.220 e. The van der Waals surface area contributed by atoms with Crippen LogP contribution in [0.4, 0.5) is 4.39 Å². The number of nitrogens with one attached hydrogen (secondary N) is 1. The molecule has 0 saturated heterocycles. The number of amides is 1. The smallest absolute Gasteiger partial charge is 0.220 e. The molecule has 1 aromatic carbocycles. The summed E-state index contributed by atoms with van der Waals surface area (Å²) in [4.78, 5) is 11.4. The van der Waals surface area contributed by atoms with Crippen LogP contribution < -0.4 is 11.1 Å². The van der Waals surface area contributed by atoms with Crippen molar-refractivity contribution in [2.24, 2.45) is 5.73 Å². The molecule has 0 aromatic heterocycles. The van der Waals surface area contributed by atoms with E-state index in [1.807, 2.05) is 6.92 Å². The summed E-state index contributed by atoms with van der Waals surface area (Å²) >= 11 is 0. The summed E-state index contributed by atoms with van der Waals surface area (Å²) in [6.07, 6.45) is 2.97. The summed E-state index contributed by atoms with van der Waals surface area (Å²) < 4.78 is 12.9. The molecule has 0 aliphatic carbocycles. The number of halogens is 1. The monoisotopic (exact) mass is 252 g/mol. The van der Waals surface area contributed by atoms with Crippen molar-refractivity contribution in [1.29, 1.82) is 0 Å². The molecular formula is C14H21FN2O. The Bertz CT molecular complexity index is 393. The van der Waals surface area contributed by atoms with E-state index < -0.39 is 0 Å². The van der Waals surface area contributed by atoms with Crippen molar-refractivity contribution in [3.8, 4) is 0 Å². The molecule has 0 saturated carbocycles. The fourth-order valence-corrected chi connectivity index (χ4v) is 1.79. The molecule has 100 valence electrons. The van der Waals surface area contributed by atoms with Crippen LogP contribution in [0.15, 0.2) is 18.2 Å². The van der Waals surface area contributed by atoms with Crippen LogP contribution in [0.3, 0.4) is 0 Å². The molecule has 0 aliphatic rings. The van der Waals surface area contributed by atoms with E-state index in [0.717, 1.165) is 30.4 Å². The van der Waals surface area contributed by atoms with Gasteiger partial charge in [-0.3, -0.25) is 4.79 Å². The molecule has 3 N–H and O–H groups in total. The van der Waals surface area contributed by atoms with Crippen molar-refractivity contribution < 1.29 is 9.18 Å². The molecule has 18 heavy (non-hydrogen) atoms. The molecule has 0 aliphatic heterocycles. The molecule has 0 fully saturated rings. The highest BCUT2D eigenvalue weighted by atomic mass is 19.1. The van der Waals surface area contributed by atoms with Crippen molar-refractivity contribution in [3.05, 3.63) is 35.1 Å². The van der Waals surface area contributed by atoms with E-state index >= 15 is 0 Å². The molecule has 0 bridgehead atoms. The van der Waals surface area contributed by atoms with Crippen LogP contribution in [-0.2, 0) is 11.2 Å². The third-order valence-electron chi connectivity index (χ3n) is 2.88. The molecule has 1 rings (SSSR count). The Morgan fingerprint density at radius 3 is 2.83 bits per heavy atom. The SMILES string of the molecule is Cc1cc(F)ccc1CCNC(=O)CCCCN. The summed E-state index contributed by atoms with van der Waals surface area (Å²) in [5.74, 6) is -0.162. The zero-order valence-corrected chi connectivity index (χ0v) is 10.8. The van der Waals surface area contributed by atoms with Gasteiger partial charge in [-0.1, -0.05) is 6.07 Å². The molecule has 4 heteroatoms. The number of rotatable bonds is 7. The Morgan fingerprint density at radius 2 is 2.17 bits per heavy atom. The fraction of sp³-hybridized carbons (Fsp3) is 0.500. The van der Waals surface area contributed by atoms with Gasteiger partial charge in [0.1, 0.15) is 5.82 Å². The molecule has 1 amide bonds. The third kappa shape index (κ3) is 5.27. The number of unbranched alkanes of at least 4 members (excludes halogenated alkanes) is 1. The summed E-state index contributed by atoms with van der Waals surface area (Å²) in [6.45, 7) is 3.09. The predicted molar refractivity (Wildman–Crippen MR) is 70.8 cm³/mol. The highest BCUT2D eigenvalue weighted by Gasteiger charge is 2.02. The Balaban J connectivity index is 2.26. The van der Waals surface area contributed by atoms with Crippen LogP contribution in [-0.4, -0.2) is 19.0 Å². The zero-order valence-electron chi connectivity index (χ0n) is 10.8. The topological polar surface area (TPSA) is 55.1 Å². The maximum atomic E-state index is 12.9. The van der Waals surface area contributed by atoms with Gasteiger partial charge in [0.15, 0.2) is 0 Å². The Labute approximate surface area is 108 Å². The van der Waals surface area contributed by atoms with Crippen LogP contribution in [0, 0.1) is 12.7 Å². The molecule has 0 radical (unpaired) electrons. The summed E-state index contributed by atoms with van der Waals surface area (Å²) in [6, 6.07) is 4.73. The number of hydrogen-bond acceptors (Lipinski definition) is 2. The van der Waals surface area contributed by atoms with E-state index in [0.29, 0.717) is 19.5 Å². The molecule has 3 nitrogen and oxygen atoms in total. The molecule has 1 aromatic rings. The van der Waals surface area contributed by atoms with Crippen LogP contribution in [0.2, 0.25) is 0 Å². The lowest BCUT2D eigenvalue weighted by molar-refractivity contribution is -0.121. The number of carbonyl (C=O) groups excluding carboxylic acids is 1. The minimum atomic E-state index is -0.220. The second kappa shape index (κ2) is 7.82. The van der Waals surface area contributed by atoms with Crippen LogP contribution in [0.25, 0.3) is 0 Å². The lowest BCUT2D eigenvalue weighted by Gasteiger charge is -2.07. The van der Waals surface area contributed by atoms with Crippen molar-refractivity contribution in [2.45, 2.75) is 32.6 Å². The van der Waals surface area contributed by atoms with Gasteiger partial charge in [-0.25, -0.2) is 4.39 Å². The minimum Gasteiger partial charge on any atom is -0.356 e. The molecule has 0 atom stereocenters. The Kier molecular flexibility index (Phi) is 6.36. The van der Waals surface area contributed by atoms with Crippen LogP contribution >= 0.6 is 0 Å². The highest BCUT2D eigenvalue weighted by Crippen LogP contribution is 2.10. The van der Waals surface area contributed by atoms with Crippen molar-refractivity contribution >= 4 is 5.91 Å². The largest absolute Gasteiger partial charge is 0.356 e. The number of aryl methyl sites for hydroxylation is 1.